The lowest BCUT2D eigenvalue weighted by atomic mass is 10.2. The maximum Gasteiger partial charge on any atom is 0.249 e. The van der Waals surface area contributed by atoms with E-state index in [1.54, 1.807) is 30.3 Å². The molecule has 0 radical (unpaired) electrons. The molecule has 0 bridgehead atoms. The lowest BCUT2D eigenvalue weighted by molar-refractivity contribution is -0.126. The van der Waals surface area contributed by atoms with E-state index in [0.29, 0.717) is 17.3 Å². The van der Waals surface area contributed by atoms with Crippen LogP contribution >= 0.6 is 11.6 Å². The molecule has 2 amide bonds. The van der Waals surface area contributed by atoms with Crippen molar-refractivity contribution < 1.29 is 14.3 Å². The first kappa shape index (κ1) is 18.5. The second kappa shape index (κ2) is 9.44. The highest BCUT2D eigenvalue weighted by Crippen LogP contribution is 2.13. The Labute approximate surface area is 150 Å². The van der Waals surface area contributed by atoms with E-state index < -0.39 is 11.8 Å². The third-order valence-corrected chi connectivity index (χ3v) is 3.27. The first-order valence-electron chi connectivity index (χ1n) is 7.67. The molecule has 0 heterocycles. The van der Waals surface area contributed by atoms with Gasteiger partial charge in [-0.2, -0.15) is 5.10 Å². The largest absolute Gasteiger partial charge is 0.494 e. The molecule has 0 atom stereocenters. The van der Waals surface area contributed by atoms with Crippen LogP contribution < -0.4 is 15.5 Å². The average Bonchev–Trinajstić information content (AvgIpc) is 2.57. The second-order valence-corrected chi connectivity index (χ2v) is 5.47. The fourth-order valence-electron chi connectivity index (χ4n) is 1.95. The first-order valence-corrected chi connectivity index (χ1v) is 8.05. The number of amides is 2. The van der Waals surface area contributed by atoms with Crippen molar-refractivity contribution in [2.45, 2.75) is 13.3 Å². The minimum absolute atomic E-state index is 0.334. The van der Waals surface area contributed by atoms with Crippen molar-refractivity contribution in [3.8, 4) is 5.75 Å². The summed E-state index contributed by atoms with van der Waals surface area (Å²) in [5.74, 6) is -0.225. The maximum absolute atomic E-state index is 11.8. The molecule has 25 heavy (non-hydrogen) atoms. The Hall–Kier alpha value is -2.86. The van der Waals surface area contributed by atoms with Crippen LogP contribution in [0.3, 0.4) is 0 Å². The summed E-state index contributed by atoms with van der Waals surface area (Å²) in [6.07, 6.45) is 1.15. The van der Waals surface area contributed by atoms with Crippen LogP contribution in [0.25, 0.3) is 0 Å². The molecule has 0 spiro atoms. The number of anilines is 1. The molecule has 7 heteroatoms. The number of nitrogens with zero attached hydrogens (tertiary/aromatic N) is 1. The molecular formula is C18H18ClN3O3. The number of carbonyl (C=O) groups is 2. The average molecular weight is 360 g/mol. The van der Waals surface area contributed by atoms with Gasteiger partial charge in [-0.25, -0.2) is 5.43 Å². The quantitative estimate of drug-likeness (QED) is 0.452. The Balaban J connectivity index is 1.80. The van der Waals surface area contributed by atoms with Gasteiger partial charge in [0, 0.05) is 10.7 Å². The van der Waals surface area contributed by atoms with Crippen LogP contribution in [0.15, 0.2) is 53.6 Å². The number of halogens is 1. The van der Waals surface area contributed by atoms with Crippen molar-refractivity contribution in [3.63, 3.8) is 0 Å². The number of benzene rings is 2. The van der Waals surface area contributed by atoms with Crippen LogP contribution in [0.4, 0.5) is 5.69 Å². The number of rotatable bonds is 7. The molecule has 2 rings (SSSR count). The van der Waals surface area contributed by atoms with Crippen LogP contribution in [0.1, 0.15) is 18.9 Å². The molecule has 0 aliphatic rings. The highest BCUT2D eigenvalue weighted by molar-refractivity contribution is 6.30. The SMILES string of the molecule is CCOc1cccc(C=NNC(=O)CC(=O)Nc2ccc(Cl)cc2)c1. The van der Waals surface area contributed by atoms with E-state index in [1.807, 2.05) is 25.1 Å². The second-order valence-electron chi connectivity index (χ2n) is 5.03. The van der Waals surface area contributed by atoms with Crippen LogP contribution in [0, 0.1) is 0 Å². The number of nitrogens with one attached hydrogen (secondary N) is 2. The van der Waals surface area contributed by atoms with Crippen molar-refractivity contribution in [2.75, 3.05) is 11.9 Å². The predicted molar refractivity (Wildman–Crippen MR) is 98.0 cm³/mol. The Morgan fingerprint density at radius 3 is 2.64 bits per heavy atom. The first-order chi connectivity index (χ1) is 12.1. The molecule has 0 saturated heterocycles. The minimum Gasteiger partial charge on any atom is -0.494 e. The van der Waals surface area contributed by atoms with E-state index in [4.69, 9.17) is 16.3 Å². The van der Waals surface area contributed by atoms with Gasteiger partial charge in [0.2, 0.25) is 11.8 Å². The zero-order valence-corrected chi connectivity index (χ0v) is 14.4. The van der Waals surface area contributed by atoms with Gasteiger partial charge in [-0.05, 0) is 48.9 Å². The standard InChI is InChI=1S/C18H18ClN3O3/c1-2-25-16-5-3-4-13(10-16)12-20-22-18(24)11-17(23)21-15-8-6-14(19)7-9-15/h3-10,12H,2,11H2,1H3,(H,21,23)(H,22,24). The van der Waals surface area contributed by atoms with Crippen LogP contribution in [-0.4, -0.2) is 24.6 Å². The summed E-state index contributed by atoms with van der Waals surface area (Å²) >= 11 is 5.77. The molecule has 130 valence electrons. The summed E-state index contributed by atoms with van der Waals surface area (Å²) in [6, 6.07) is 13.9. The molecule has 0 fully saturated rings. The van der Waals surface area contributed by atoms with Crippen molar-refractivity contribution in [3.05, 3.63) is 59.1 Å². The van der Waals surface area contributed by atoms with Gasteiger partial charge >= 0.3 is 0 Å². The van der Waals surface area contributed by atoms with Gasteiger partial charge in [0.15, 0.2) is 0 Å². The number of ether oxygens (including phenoxy) is 1. The highest BCUT2D eigenvalue weighted by Gasteiger charge is 2.08. The summed E-state index contributed by atoms with van der Waals surface area (Å²) in [4.78, 5) is 23.5. The summed E-state index contributed by atoms with van der Waals surface area (Å²) < 4.78 is 5.38. The van der Waals surface area contributed by atoms with E-state index >= 15 is 0 Å². The number of hydrazone groups is 1. The third kappa shape index (κ3) is 6.64. The molecule has 2 N–H and O–H groups in total. The fraction of sp³-hybridized carbons (Fsp3) is 0.167. The Bertz CT molecular complexity index is 760. The van der Waals surface area contributed by atoms with Gasteiger partial charge in [0.25, 0.3) is 0 Å². The highest BCUT2D eigenvalue weighted by atomic mass is 35.5. The number of hydrogen-bond acceptors (Lipinski definition) is 4. The smallest absolute Gasteiger partial charge is 0.249 e. The normalized spacial score (nSPS) is 10.5. The lowest BCUT2D eigenvalue weighted by Gasteiger charge is -2.05. The molecule has 6 nitrogen and oxygen atoms in total. The van der Waals surface area contributed by atoms with E-state index in [-0.39, 0.29) is 6.42 Å². The van der Waals surface area contributed by atoms with Gasteiger partial charge in [-0.15, -0.1) is 0 Å². The van der Waals surface area contributed by atoms with Crippen LogP contribution in [0.5, 0.6) is 5.75 Å². The summed E-state index contributed by atoms with van der Waals surface area (Å²) in [7, 11) is 0. The lowest BCUT2D eigenvalue weighted by Crippen LogP contribution is -2.24. The zero-order valence-electron chi connectivity index (χ0n) is 13.7. The van der Waals surface area contributed by atoms with E-state index in [9.17, 15) is 9.59 Å². The molecule has 2 aromatic carbocycles. The molecule has 0 saturated carbocycles. The van der Waals surface area contributed by atoms with Gasteiger partial charge in [-0.1, -0.05) is 23.7 Å². The number of carbonyl (C=O) groups excluding carboxylic acids is 2. The Morgan fingerprint density at radius 2 is 1.92 bits per heavy atom. The van der Waals surface area contributed by atoms with Gasteiger partial charge < -0.3 is 10.1 Å². The monoisotopic (exact) mass is 359 g/mol. The van der Waals surface area contributed by atoms with Crippen molar-refractivity contribution in [1.29, 1.82) is 0 Å². The van der Waals surface area contributed by atoms with Crippen LogP contribution in [-0.2, 0) is 9.59 Å². The van der Waals surface area contributed by atoms with Crippen molar-refractivity contribution >= 4 is 35.3 Å². The van der Waals surface area contributed by atoms with Gasteiger partial charge in [0.1, 0.15) is 12.2 Å². The van der Waals surface area contributed by atoms with Crippen LogP contribution in [0.2, 0.25) is 5.02 Å². The Kier molecular flexibility index (Phi) is 6.98. The van der Waals surface area contributed by atoms with E-state index in [1.165, 1.54) is 6.21 Å². The fourth-order valence-corrected chi connectivity index (χ4v) is 2.08. The van der Waals surface area contributed by atoms with Crippen molar-refractivity contribution in [2.24, 2.45) is 5.10 Å². The molecule has 0 aliphatic heterocycles. The summed E-state index contributed by atoms with van der Waals surface area (Å²) in [5, 5.41) is 7.01. The summed E-state index contributed by atoms with van der Waals surface area (Å²) in [5.41, 5.74) is 3.66. The topological polar surface area (TPSA) is 79.8 Å². The van der Waals surface area contributed by atoms with E-state index in [0.717, 1.165) is 11.3 Å². The molecule has 0 aromatic heterocycles. The van der Waals surface area contributed by atoms with Gasteiger partial charge in [-0.3, -0.25) is 9.59 Å². The minimum atomic E-state index is -0.510. The molecule has 2 aromatic rings. The molecular weight excluding hydrogens is 342 g/mol. The maximum atomic E-state index is 11.8. The van der Waals surface area contributed by atoms with Crippen molar-refractivity contribution in [1.82, 2.24) is 5.43 Å². The Morgan fingerprint density at radius 1 is 1.16 bits per heavy atom. The molecule has 0 aliphatic carbocycles. The zero-order chi connectivity index (χ0) is 18.1. The number of hydrogen-bond donors (Lipinski definition) is 2. The van der Waals surface area contributed by atoms with Gasteiger partial charge in [0.05, 0.1) is 12.8 Å². The third-order valence-electron chi connectivity index (χ3n) is 3.02. The molecule has 0 unspecified atom stereocenters. The summed E-state index contributed by atoms with van der Waals surface area (Å²) in [6.45, 7) is 2.47. The predicted octanol–water partition coefficient (Wildman–Crippen LogP) is 3.22. The van der Waals surface area contributed by atoms with E-state index in [2.05, 4.69) is 15.8 Å².